The average Bonchev–Trinajstić information content (AvgIpc) is 3.32. The minimum Gasteiger partial charge on any atom is -0.444 e. The summed E-state index contributed by atoms with van der Waals surface area (Å²) >= 11 is 0. The van der Waals surface area contributed by atoms with E-state index in [0.29, 0.717) is 5.92 Å². The van der Waals surface area contributed by atoms with Crippen LogP contribution in [0.4, 0.5) is 4.79 Å². The van der Waals surface area contributed by atoms with Crippen LogP contribution < -0.4 is 0 Å². The summed E-state index contributed by atoms with van der Waals surface area (Å²) in [6.45, 7) is 7.89. The molecule has 1 aromatic heterocycles. The molecule has 1 amide bonds. The van der Waals surface area contributed by atoms with Gasteiger partial charge in [-0.3, -0.25) is 4.90 Å². The zero-order valence-electron chi connectivity index (χ0n) is 17.7. The number of hydrogen-bond acceptors (Lipinski definition) is 3. The van der Waals surface area contributed by atoms with Crippen molar-refractivity contribution in [3.63, 3.8) is 0 Å². The zero-order chi connectivity index (χ0) is 20.3. The molecule has 0 unspecified atom stereocenters. The molecule has 152 valence electrons. The van der Waals surface area contributed by atoms with Gasteiger partial charge in [0, 0.05) is 11.4 Å². The van der Waals surface area contributed by atoms with E-state index in [-0.39, 0.29) is 18.2 Å². The van der Waals surface area contributed by atoms with E-state index in [0.717, 1.165) is 35.1 Å². The summed E-state index contributed by atoms with van der Waals surface area (Å²) in [5, 5.41) is 2.35. The Morgan fingerprint density at radius 2 is 2.03 bits per heavy atom. The fourth-order valence-corrected chi connectivity index (χ4v) is 5.21. The number of nitrogens with one attached hydrogen (secondary N) is 1. The van der Waals surface area contributed by atoms with Crippen LogP contribution in [-0.4, -0.2) is 32.6 Å². The van der Waals surface area contributed by atoms with Crippen molar-refractivity contribution in [1.29, 1.82) is 0 Å². The van der Waals surface area contributed by atoms with Gasteiger partial charge in [0.15, 0.2) is 0 Å². The lowest BCUT2D eigenvalue weighted by atomic mass is 10.0. The van der Waals surface area contributed by atoms with Crippen molar-refractivity contribution >= 4 is 27.9 Å². The Labute approximate surface area is 171 Å². The SMILES string of the molecule is Cc1ccc2c(ccc3[nH]c([C@@H]4C[C@@H]5CCC[C@@H]5N4C(=O)OC(C)(C)C)nc32)c1. The lowest BCUT2D eigenvalue weighted by Crippen LogP contribution is -2.41. The minimum atomic E-state index is -0.500. The van der Waals surface area contributed by atoms with Crippen molar-refractivity contribution in [2.45, 2.75) is 71.1 Å². The highest BCUT2D eigenvalue weighted by Crippen LogP contribution is 2.47. The molecule has 2 aromatic carbocycles. The van der Waals surface area contributed by atoms with Crippen LogP contribution in [-0.2, 0) is 4.74 Å². The first kappa shape index (κ1) is 18.5. The van der Waals surface area contributed by atoms with Gasteiger partial charge in [-0.25, -0.2) is 9.78 Å². The summed E-state index contributed by atoms with van der Waals surface area (Å²) < 4.78 is 5.78. The Hall–Kier alpha value is -2.56. The average molecular weight is 392 g/mol. The monoisotopic (exact) mass is 391 g/mol. The van der Waals surface area contributed by atoms with E-state index < -0.39 is 5.60 Å². The maximum atomic E-state index is 13.1. The molecule has 1 saturated carbocycles. The summed E-state index contributed by atoms with van der Waals surface area (Å²) in [4.78, 5) is 23.6. The van der Waals surface area contributed by atoms with E-state index in [1.807, 2.05) is 25.7 Å². The lowest BCUT2D eigenvalue weighted by Gasteiger charge is -2.31. The van der Waals surface area contributed by atoms with Crippen molar-refractivity contribution < 1.29 is 9.53 Å². The Morgan fingerprint density at radius 3 is 2.83 bits per heavy atom. The molecule has 2 aliphatic rings. The van der Waals surface area contributed by atoms with Gasteiger partial charge >= 0.3 is 6.09 Å². The largest absolute Gasteiger partial charge is 0.444 e. The van der Waals surface area contributed by atoms with Crippen molar-refractivity contribution in [2.75, 3.05) is 0 Å². The van der Waals surface area contributed by atoms with E-state index in [9.17, 15) is 4.79 Å². The van der Waals surface area contributed by atoms with Crippen LogP contribution in [0.25, 0.3) is 21.8 Å². The maximum Gasteiger partial charge on any atom is 0.411 e. The second kappa shape index (κ2) is 6.48. The topological polar surface area (TPSA) is 58.2 Å². The standard InChI is InChI=1S/C24H29N3O2/c1-14-8-10-17-15(12-14)9-11-18-21(17)26-22(25-18)20-13-16-6-5-7-19(16)27(20)23(28)29-24(2,3)4/h8-12,16,19-20H,5-7,13H2,1-4H3,(H,25,26)/t16-,19-,20-/m0/s1. The van der Waals surface area contributed by atoms with Crippen LogP contribution in [0.2, 0.25) is 0 Å². The summed E-state index contributed by atoms with van der Waals surface area (Å²) in [5.74, 6) is 1.42. The van der Waals surface area contributed by atoms with Gasteiger partial charge in [-0.1, -0.05) is 36.2 Å². The molecule has 3 atom stereocenters. The third-order valence-electron chi connectivity index (χ3n) is 6.40. The molecule has 0 spiro atoms. The van der Waals surface area contributed by atoms with Gasteiger partial charge in [-0.15, -0.1) is 0 Å². The van der Waals surface area contributed by atoms with Gasteiger partial charge in [0.1, 0.15) is 11.4 Å². The molecule has 2 fully saturated rings. The Bertz CT molecular complexity index is 1090. The molecule has 5 rings (SSSR count). The zero-order valence-corrected chi connectivity index (χ0v) is 17.7. The number of fused-ring (bicyclic) bond motifs is 4. The molecule has 0 radical (unpaired) electrons. The van der Waals surface area contributed by atoms with Crippen LogP contribution in [0.5, 0.6) is 0 Å². The third kappa shape index (κ3) is 3.17. The highest BCUT2D eigenvalue weighted by molar-refractivity contribution is 6.04. The molecule has 0 bridgehead atoms. The fraction of sp³-hybridized carbons (Fsp3) is 0.500. The summed E-state index contributed by atoms with van der Waals surface area (Å²) in [6, 6.07) is 10.9. The van der Waals surface area contributed by atoms with Gasteiger partial charge in [0.2, 0.25) is 0 Å². The molecule has 29 heavy (non-hydrogen) atoms. The molecule has 5 nitrogen and oxygen atoms in total. The molecular weight excluding hydrogens is 362 g/mol. The molecular formula is C24H29N3O2. The number of benzene rings is 2. The molecule has 1 N–H and O–H groups in total. The van der Waals surface area contributed by atoms with E-state index in [2.05, 4.69) is 42.2 Å². The Kier molecular flexibility index (Phi) is 4.12. The summed E-state index contributed by atoms with van der Waals surface area (Å²) in [6.07, 6.45) is 4.18. The molecule has 1 aliphatic heterocycles. The second-order valence-corrected chi connectivity index (χ2v) is 9.71. The number of aromatic amines is 1. The first-order chi connectivity index (χ1) is 13.8. The third-order valence-corrected chi connectivity index (χ3v) is 6.40. The first-order valence-corrected chi connectivity index (χ1v) is 10.7. The van der Waals surface area contributed by atoms with Gasteiger partial charge in [-0.2, -0.15) is 0 Å². The molecule has 1 saturated heterocycles. The number of likely N-dealkylation sites (tertiary alicyclic amines) is 1. The highest BCUT2D eigenvalue weighted by atomic mass is 16.6. The van der Waals surface area contributed by atoms with Crippen molar-refractivity contribution in [3.05, 3.63) is 41.7 Å². The van der Waals surface area contributed by atoms with Crippen LogP contribution in [0, 0.1) is 12.8 Å². The first-order valence-electron chi connectivity index (χ1n) is 10.7. The molecule has 1 aliphatic carbocycles. The van der Waals surface area contributed by atoms with Crippen molar-refractivity contribution in [3.8, 4) is 0 Å². The molecule has 2 heterocycles. The van der Waals surface area contributed by atoms with Crippen LogP contribution in [0.3, 0.4) is 0 Å². The quantitative estimate of drug-likeness (QED) is 0.564. The molecule has 5 heteroatoms. The predicted molar refractivity (Wildman–Crippen MR) is 115 cm³/mol. The molecule has 3 aromatic rings. The van der Waals surface area contributed by atoms with E-state index in [1.165, 1.54) is 23.8 Å². The Morgan fingerprint density at radius 1 is 1.21 bits per heavy atom. The summed E-state index contributed by atoms with van der Waals surface area (Å²) in [5.41, 5.74) is 2.75. The number of nitrogens with zero attached hydrogens (tertiary/aromatic N) is 2. The second-order valence-electron chi connectivity index (χ2n) is 9.71. The van der Waals surface area contributed by atoms with E-state index in [1.54, 1.807) is 0 Å². The van der Waals surface area contributed by atoms with E-state index in [4.69, 9.17) is 9.72 Å². The number of hydrogen-bond donors (Lipinski definition) is 1. The predicted octanol–water partition coefficient (Wildman–Crippen LogP) is 5.88. The number of aromatic nitrogens is 2. The van der Waals surface area contributed by atoms with Gasteiger partial charge in [-0.05, 0) is 64.3 Å². The number of aryl methyl sites for hydroxylation is 1. The van der Waals surface area contributed by atoms with Gasteiger partial charge < -0.3 is 9.72 Å². The number of amides is 1. The van der Waals surface area contributed by atoms with Gasteiger partial charge in [0.25, 0.3) is 0 Å². The van der Waals surface area contributed by atoms with E-state index >= 15 is 0 Å². The minimum absolute atomic E-state index is 0.0481. The number of carbonyl (C=O) groups is 1. The number of rotatable bonds is 1. The normalized spacial score (nSPS) is 24.4. The summed E-state index contributed by atoms with van der Waals surface area (Å²) in [7, 11) is 0. The number of carbonyl (C=O) groups excluding carboxylic acids is 1. The van der Waals surface area contributed by atoms with Crippen molar-refractivity contribution in [1.82, 2.24) is 14.9 Å². The smallest absolute Gasteiger partial charge is 0.411 e. The number of H-pyrrole nitrogens is 1. The number of ether oxygens (including phenoxy) is 1. The van der Waals surface area contributed by atoms with Crippen molar-refractivity contribution in [2.24, 2.45) is 5.92 Å². The lowest BCUT2D eigenvalue weighted by molar-refractivity contribution is 0.0130. The fourth-order valence-electron chi connectivity index (χ4n) is 5.21. The van der Waals surface area contributed by atoms with Crippen LogP contribution in [0.15, 0.2) is 30.3 Å². The van der Waals surface area contributed by atoms with Crippen LogP contribution in [0.1, 0.15) is 63.9 Å². The van der Waals surface area contributed by atoms with Gasteiger partial charge in [0.05, 0.1) is 17.1 Å². The number of imidazole rings is 1. The Balaban J connectivity index is 1.56. The highest BCUT2D eigenvalue weighted by Gasteiger charge is 2.48. The van der Waals surface area contributed by atoms with Crippen LogP contribution >= 0.6 is 0 Å². The maximum absolute atomic E-state index is 13.1.